The van der Waals surface area contributed by atoms with E-state index in [-0.39, 0.29) is 36.0 Å². The Kier molecular flexibility index (Phi) is 7.00. The van der Waals surface area contributed by atoms with E-state index in [1.54, 1.807) is 24.3 Å². The van der Waals surface area contributed by atoms with Crippen LogP contribution in [0, 0.1) is 0 Å². The molecule has 24 heavy (non-hydrogen) atoms. The Morgan fingerprint density at radius 3 is 0.958 bits per heavy atom. The molecular weight excluding hydrogens is 300 g/mol. The maximum Gasteiger partial charge on any atom is 0.254 e. The summed E-state index contributed by atoms with van der Waals surface area (Å²) in [5, 5.41) is 0. The summed E-state index contributed by atoms with van der Waals surface area (Å²) in [6.07, 6.45) is 0. The maximum atomic E-state index is 12.7. The van der Waals surface area contributed by atoms with Crippen molar-refractivity contribution in [2.75, 3.05) is 0 Å². The smallest absolute Gasteiger partial charge is 0.254 e. The van der Waals surface area contributed by atoms with Crippen LogP contribution in [-0.4, -0.2) is 45.8 Å². The van der Waals surface area contributed by atoms with E-state index in [1.165, 1.54) is 0 Å². The number of rotatable bonds is 6. The fraction of sp³-hybridized carbons (Fsp3) is 0.600. The van der Waals surface area contributed by atoms with Crippen molar-refractivity contribution in [3.05, 3.63) is 35.4 Å². The maximum absolute atomic E-state index is 12.7. The molecule has 0 spiro atoms. The Hall–Kier alpha value is -1.84. The number of nitrogens with zero attached hydrogens (tertiary/aromatic N) is 2. The average Bonchev–Trinajstić information content (AvgIpc) is 2.45. The second-order valence-electron chi connectivity index (χ2n) is 7.38. The standard InChI is InChI=1S/C20H32N2O2/c1-13(2)21(14(3)4)19(23)17-9-11-18(12-10-17)20(24)22(15(5)6)16(7)8/h9-16H,1-8H3. The number of hydrogen-bond donors (Lipinski definition) is 0. The molecule has 1 rings (SSSR count). The summed E-state index contributed by atoms with van der Waals surface area (Å²) in [7, 11) is 0. The third kappa shape index (κ3) is 4.59. The number of carbonyl (C=O) groups excluding carboxylic acids is 2. The number of benzene rings is 1. The highest BCUT2D eigenvalue weighted by Gasteiger charge is 2.24. The van der Waals surface area contributed by atoms with E-state index in [0.29, 0.717) is 11.1 Å². The summed E-state index contributed by atoms with van der Waals surface area (Å²) in [5.41, 5.74) is 1.24. The van der Waals surface area contributed by atoms with Crippen molar-refractivity contribution in [2.45, 2.75) is 79.6 Å². The monoisotopic (exact) mass is 332 g/mol. The van der Waals surface area contributed by atoms with E-state index in [0.717, 1.165) is 0 Å². The molecule has 134 valence electrons. The van der Waals surface area contributed by atoms with Crippen LogP contribution in [0.2, 0.25) is 0 Å². The molecule has 0 atom stereocenters. The average molecular weight is 332 g/mol. The molecule has 0 aliphatic rings. The number of amides is 2. The predicted octanol–water partition coefficient (Wildman–Crippen LogP) is 4.20. The third-order valence-electron chi connectivity index (χ3n) is 4.07. The van der Waals surface area contributed by atoms with E-state index in [4.69, 9.17) is 0 Å². The lowest BCUT2D eigenvalue weighted by Gasteiger charge is -2.31. The molecule has 0 N–H and O–H groups in total. The predicted molar refractivity (Wildman–Crippen MR) is 99.3 cm³/mol. The first kappa shape index (κ1) is 20.2. The van der Waals surface area contributed by atoms with Crippen molar-refractivity contribution < 1.29 is 9.59 Å². The van der Waals surface area contributed by atoms with Gasteiger partial charge in [-0.1, -0.05) is 0 Å². The van der Waals surface area contributed by atoms with Gasteiger partial charge in [0.15, 0.2) is 0 Å². The van der Waals surface area contributed by atoms with Gasteiger partial charge in [-0.25, -0.2) is 0 Å². The van der Waals surface area contributed by atoms with Crippen molar-refractivity contribution in [3.63, 3.8) is 0 Å². The van der Waals surface area contributed by atoms with Crippen molar-refractivity contribution in [2.24, 2.45) is 0 Å². The van der Waals surface area contributed by atoms with Gasteiger partial charge >= 0.3 is 0 Å². The third-order valence-corrected chi connectivity index (χ3v) is 4.07. The molecule has 4 heteroatoms. The molecule has 0 aliphatic carbocycles. The van der Waals surface area contributed by atoms with Gasteiger partial charge in [0.25, 0.3) is 11.8 Å². The van der Waals surface area contributed by atoms with Crippen LogP contribution >= 0.6 is 0 Å². The van der Waals surface area contributed by atoms with E-state index in [2.05, 4.69) is 0 Å². The van der Waals surface area contributed by atoms with Gasteiger partial charge in [0, 0.05) is 35.3 Å². The number of carbonyl (C=O) groups is 2. The number of hydrogen-bond acceptors (Lipinski definition) is 2. The van der Waals surface area contributed by atoms with Crippen LogP contribution in [0.15, 0.2) is 24.3 Å². The molecule has 0 saturated carbocycles. The first-order valence-corrected chi connectivity index (χ1v) is 8.83. The van der Waals surface area contributed by atoms with Crippen LogP contribution < -0.4 is 0 Å². The first-order valence-electron chi connectivity index (χ1n) is 8.83. The van der Waals surface area contributed by atoms with Crippen LogP contribution in [0.5, 0.6) is 0 Å². The van der Waals surface area contributed by atoms with Crippen LogP contribution in [0.1, 0.15) is 76.1 Å². The summed E-state index contributed by atoms with van der Waals surface area (Å²) in [5.74, 6) is 0.00662. The largest absolute Gasteiger partial charge is 0.334 e. The van der Waals surface area contributed by atoms with Gasteiger partial charge < -0.3 is 9.80 Å². The fourth-order valence-corrected chi connectivity index (χ4v) is 3.18. The SMILES string of the molecule is CC(C)N(C(=O)c1ccc(C(=O)N(C(C)C)C(C)C)cc1)C(C)C. The lowest BCUT2D eigenvalue weighted by Crippen LogP contribution is -2.42. The summed E-state index contributed by atoms with van der Waals surface area (Å²) in [4.78, 5) is 29.1. The Morgan fingerprint density at radius 1 is 0.583 bits per heavy atom. The van der Waals surface area contributed by atoms with Gasteiger partial charge in [0.05, 0.1) is 0 Å². The molecule has 0 heterocycles. The second-order valence-corrected chi connectivity index (χ2v) is 7.38. The van der Waals surface area contributed by atoms with Gasteiger partial charge in [0.2, 0.25) is 0 Å². The van der Waals surface area contributed by atoms with Crippen molar-refractivity contribution in [1.82, 2.24) is 9.80 Å². The zero-order valence-electron chi connectivity index (χ0n) is 16.3. The zero-order valence-corrected chi connectivity index (χ0v) is 16.3. The fourth-order valence-electron chi connectivity index (χ4n) is 3.18. The van der Waals surface area contributed by atoms with Gasteiger partial charge in [0.1, 0.15) is 0 Å². The molecule has 0 unspecified atom stereocenters. The van der Waals surface area contributed by atoms with Crippen molar-refractivity contribution in [1.29, 1.82) is 0 Å². The minimum Gasteiger partial charge on any atom is -0.334 e. The minimum absolute atomic E-state index is 0.00331. The van der Waals surface area contributed by atoms with Crippen molar-refractivity contribution in [3.8, 4) is 0 Å². The summed E-state index contributed by atoms with van der Waals surface area (Å²) >= 11 is 0. The highest BCUT2D eigenvalue weighted by Crippen LogP contribution is 2.16. The summed E-state index contributed by atoms with van der Waals surface area (Å²) in [6.45, 7) is 16.1. The van der Waals surface area contributed by atoms with E-state index in [9.17, 15) is 9.59 Å². The lowest BCUT2D eigenvalue weighted by atomic mass is 10.1. The normalized spacial score (nSPS) is 11.5. The molecule has 0 fully saturated rings. The Bertz CT molecular complexity index is 493. The van der Waals surface area contributed by atoms with Gasteiger partial charge in [-0.2, -0.15) is 0 Å². The van der Waals surface area contributed by atoms with Crippen LogP contribution in [0.4, 0.5) is 0 Å². The highest BCUT2D eigenvalue weighted by atomic mass is 16.2. The van der Waals surface area contributed by atoms with Gasteiger partial charge in [-0.05, 0) is 79.7 Å². The molecule has 0 aromatic heterocycles. The highest BCUT2D eigenvalue weighted by molar-refractivity contribution is 5.98. The quantitative estimate of drug-likeness (QED) is 0.783. The van der Waals surface area contributed by atoms with Gasteiger partial charge in [-0.15, -0.1) is 0 Å². The minimum atomic E-state index is 0.00331. The summed E-state index contributed by atoms with van der Waals surface area (Å²) < 4.78 is 0. The molecule has 0 bridgehead atoms. The summed E-state index contributed by atoms with van der Waals surface area (Å²) in [6, 6.07) is 7.57. The van der Waals surface area contributed by atoms with Crippen LogP contribution in [0.25, 0.3) is 0 Å². The molecule has 1 aromatic carbocycles. The van der Waals surface area contributed by atoms with Crippen LogP contribution in [0.3, 0.4) is 0 Å². The Morgan fingerprint density at radius 2 is 0.792 bits per heavy atom. The van der Waals surface area contributed by atoms with Crippen LogP contribution in [-0.2, 0) is 0 Å². The molecule has 0 aliphatic heterocycles. The lowest BCUT2D eigenvalue weighted by molar-refractivity contribution is 0.0629. The first-order chi connectivity index (χ1) is 11.1. The van der Waals surface area contributed by atoms with Gasteiger partial charge in [-0.3, -0.25) is 9.59 Å². The zero-order chi connectivity index (χ0) is 18.6. The van der Waals surface area contributed by atoms with Crippen molar-refractivity contribution >= 4 is 11.8 Å². The molecule has 2 amide bonds. The Labute approximate surface area is 146 Å². The molecule has 1 aromatic rings. The molecule has 0 saturated heterocycles. The Balaban J connectivity index is 3.04. The van der Waals surface area contributed by atoms with E-state index >= 15 is 0 Å². The van der Waals surface area contributed by atoms with E-state index in [1.807, 2.05) is 65.2 Å². The molecule has 0 radical (unpaired) electrons. The topological polar surface area (TPSA) is 40.6 Å². The second kappa shape index (κ2) is 8.32. The molecule has 4 nitrogen and oxygen atoms in total. The molecular formula is C20H32N2O2. The van der Waals surface area contributed by atoms with E-state index < -0.39 is 0 Å².